The molecule has 0 fully saturated rings. The van der Waals surface area contributed by atoms with Crippen molar-refractivity contribution in [2.75, 3.05) is 0 Å². The Morgan fingerprint density at radius 3 is 2.18 bits per heavy atom. The van der Waals surface area contributed by atoms with Crippen LogP contribution in [0.4, 0.5) is 0 Å². The molecule has 0 bridgehead atoms. The van der Waals surface area contributed by atoms with Gasteiger partial charge in [-0.15, -0.1) is 12.6 Å². The molecule has 0 aliphatic rings. The quantitative estimate of drug-likeness (QED) is 0.621. The maximum Gasteiger partial charge on any atom is 0.112 e. The Kier molecular flexibility index (Phi) is 3.45. The molecule has 2 heteroatoms. The summed E-state index contributed by atoms with van der Waals surface area (Å²) in [5, 5.41) is 2.96. The van der Waals surface area contributed by atoms with E-state index >= 15 is 0 Å². The fourth-order valence-electron chi connectivity index (χ4n) is 2.31. The van der Waals surface area contributed by atoms with Gasteiger partial charge in [0.05, 0.1) is 0 Å². The van der Waals surface area contributed by atoms with Gasteiger partial charge in [0.25, 0.3) is 0 Å². The average Bonchev–Trinajstić information content (AvgIpc) is 2.33. The molecule has 0 heterocycles. The van der Waals surface area contributed by atoms with Crippen LogP contribution in [0.25, 0.3) is 0 Å². The molecule has 0 nitrogen and oxygen atoms in total. The molecule has 0 aliphatic heterocycles. The van der Waals surface area contributed by atoms with Gasteiger partial charge in [-0.25, -0.2) is 0 Å². The van der Waals surface area contributed by atoms with Crippen molar-refractivity contribution in [3.63, 3.8) is 0 Å². The molecule has 0 radical (unpaired) electrons. The van der Waals surface area contributed by atoms with Crippen molar-refractivity contribution in [3.8, 4) is 0 Å². The van der Waals surface area contributed by atoms with Crippen LogP contribution < -0.4 is 10.4 Å². The lowest BCUT2D eigenvalue weighted by molar-refractivity contribution is 1.33. The van der Waals surface area contributed by atoms with E-state index in [0.29, 0.717) is 0 Å². The Labute approximate surface area is 110 Å². The average molecular weight is 258 g/mol. The fourth-order valence-corrected chi connectivity index (χ4v) is 5.54. The third-order valence-corrected chi connectivity index (χ3v) is 7.62. The first-order valence-corrected chi connectivity index (χ1v) is 9.33. The molecule has 0 saturated heterocycles. The number of hydrogen-bond acceptors (Lipinski definition) is 1. The lowest BCUT2D eigenvalue weighted by Gasteiger charge is -2.26. The van der Waals surface area contributed by atoms with E-state index in [0.717, 1.165) is 4.90 Å². The summed E-state index contributed by atoms with van der Waals surface area (Å²) in [6, 6.07) is 17.3. The molecule has 2 rings (SSSR count). The van der Waals surface area contributed by atoms with E-state index in [-0.39, 0.29) is 0 Å². The Morgan fingerprint density at radius 1 is 0.882 bits per heavy atom. The van der Waals surface area contributed by atoms with Crippen LogP contribution in [-0.2, 0) is 0 Å². The number of rotatable bonds is 2. The normalized spacial score (nSPS) is 11.5. The van der Waals surface area contributed by atoms with Gasteiger partial charge < -0.3 is 0 Å². The van der Waals surface area contributed by atoms with Crippen LogP contribution in [0.5, 0.6) is 0 Å². The summed E-state index contributed by atoms with van der Waals surface area (Å²) in [6.45, 7) is 6.98. The Balaban J connectivity index is 2.56. The largest absolute Gasteiger partial charge is 0.143 e. The van der Waals surface area contributed by atoms with Crippen LogP contribution in [-0.4, -0.2) is 8.07 Å². The highest BCUT2D eigenvalue weighted by atomic mass is 32.1. The summed E-state index contributed by atoms with van der Waals surface area (Å²) >= 11 is 4.53. The van der Waals surface area contributed by atoms with Crippen LogP contribution in [0.2, 0.25) is 13.1 Å². The van der Waals surface area contributed by atoms with Crippen molar-refractivity contribution in [2.24, 2.45) is 0 Å². The van der Waals surface area contributed by atoms with E-state index in [2.05, 4.69) is 81.2 Å². The van der Waals surface area contributed by atoms with E-state index < -0.39 is 8.07 Å². The molecule has 17 heavy (non-hydrogen) atoms. The minimum absolute atomic E-state index is 1.10. The van der Waals surface area contributed by atoms with Gasteiger partial charge in [-0.2, -0.15) is 0 Å². The highest BCUT2D eigenvalue weighted by molar-refractivity contribution is 7.80. The van der Waals surface area contributed by atoms with Crippen molar-refractivity contribution in [2.45, 2.75) is 24.9 Å². The topological polar surface area (TPSA) is 0 Å². The highest BCUT2D eigenvalue weighted by Crippen LogP contribution is 2.14. The predicted octanol–water partition coefficient (Wildman–Crippen LogP) is 3.11. The van der Waals surface area contributed by atoms with Gasteiger partial charge in [-0.05, 0) is 18.6 Å². The van der Waals surface area contributed by atoms with Crippen molar-refractivity contribution >= 4 is 31.1 Å². The molecular formula is C15H18SSi. The smallest absolute Gasteiger partial charge is 0.112 e. The maximum atomic E-state index is 4.53. The van der Waals surface area contributed by atoms with Crippen LogP contribution in [0.1, 0.15) is 5.56 Å². The molecule has 0 amide bonds. The molecule has 0 saturated carbocycles. The Bertz CT molecular complexity index is 518. The fraction of sp³-hybridized carbons (Fsp3) is 0.200. The maximum absolute atomic E-state index is 4.53. The van der Waals surface area contributed by atoms with Crippen LogP contribution in [0, 0.1) is 6.92 Å². The minimum atomic E-state index is -1.58. The van der Waals surface area contributed by atoms with Gasteiger partial charge in [0.1, 0.15) is 8.07 Å². The van der Waals surface area contributed by atoms with Gasteiger partial charge in [0.2, 0.25) is 0 Å². The van der Waals surface area contributed by atoms with Crippen LogP contribution >= 0.6 is 12.6 Å². The molecule has 0 N–H and O–H groups in total. The number of thiol groups is 1. The Morgan fingerprint density at radius 2 is 1.53 bits per heavy atom. The molecule has 2 aromatic rings. The van der Waals surface area contributed by atoms with Gasteiger partial charge in [0, 0.05) is 4.90 Å². The summed E-state index contributed by atoms with van der Waals surface area (Å²) < 4.78 is 0. The summed E-state index contributed by atoms with van der Waals surface area (Å²) in [4.78, 5) is 1.10. The first kappa shape index (κ1) is 12.5. The molecule has 2 aromatic carbocycles. The molecule has 88 valence electrons. The molecule has 0 aliphatic carbocycles. The Hall–Kier alpha value is -0.993. The van der Waals surface area contributed by atoms with E-state index in [1.165, 1.54) is 15.9 Å². The standard InChI is InChI=1S/C15H18SSi/c1-12-14(16)10-7-11-15(12)17(2,3)13-8-5-4-6-9-13/h4-11,16H,1-3H3. The third-order valence-electron chi connectivity index (χ3n) is 3.47. The predicted molar refractivity (Wildman–Crippen MR) is 81.6 cm³/mol. The van der Waals surface area contributed by atoms with Crippen molar-refractivity contribution < 1.29 is 0 Å². The van der Waals surface area contributed by atoms with Crippen molar-refractivity contribution in [3.05, 3.63) is 54.1 Å². The molecule has 0 atom stereocenters. The van der Waals surface area contributed by atoms with Crippen molar-refractivity contribution in [1.82, 2.24) is 0 Å². The summed E-state index contributed by atoms with van der Waals surface area (Å²) in [7, 11) is -1.58. The van der Waals surface area contributed by atoms with Gasteiger partial charge in [-0.3, -0.25) is 0 Å². The highest BCUT2D eigenvalue weighted by Gasteiger charge is 2.27. The van der Waals surface area contributed by atoms with Crippen molar-refractivity contribution in [1.29, 1.82) is 0 Å². The van der Waals surface area contributed by atoms with Gasteiger partial charge in [0.15, 0.2) is 0 Å². The summed E-state index contributed by atoms with van der Waals surface area (Å²) in [5.41, 5.74) is 1.33. The molecule has 0 spiro atoms. The summed E-state index contributed by atoms with van der Waals surface area (Å²) in [6.07, 6.45) is 0. The first-order chi connectivity index (χ1) is 8.03. The van der Waals surface area contributed by atoms with E-state index in [1.54, 1.807) is 0 Å². The summed E-state index contributed by atoms with van der Waals surface area (Å²) in [5.74, 6) is 0. The van der Waals surface area contributed by atoms with Gasteiger partial charge >= 0.3 is 0 Å². The second-order valence-corrected chi connectivity index (χ2v) is 9.79. The lowest BCUT2D eigenvalue weighted by Crippen LogP contribution is -2.53. The number of benzene rings is 2. The third kappa shape index (κ3) is 2.33. The first-order valence-electron chi connectivity index (χ1n) is 5.88. The SMILES string of the molecule is Cc1c(S)cccc1[Si](C)(C)c1ccccc1. The zero-order valence-electron chi connectivity index (χ0n) is 10.6. The zero-order chi connectivity index (χ0) is 12.5. The second kappa shape index (κ2) is 4.71. The molecule has 0 aromatic heterocycles. The van der Waals surface area contributed by atoms with E-state index in [9.17, 15) is 0 Å². The zero-order valence-corrected chi connectivity index (χ0v) is 12.5. The van der Waals surface area contributed by atoms with E-state index in [4.69, 9.17) is 0 Å². The second-order valence-electron chi connectivity index (χ2n) is 4.94. The number of hydrogen-bond donors (Lipinski definition) is 1. The van der Waals surface area contributed by atoms with E-state index in [1.807, 2.05) is 0 Å². The monoisotopic (exact) mass is 258 g/mol. The molecular weight excluding hydrogens is 240 g/mol. The van der Waals surface area contributed by atoms with Crippen LogP contribution in [0.15, 0.2) is 53.4 Å². The minimum Gasteiger partial charge on any atom is -0.143 e. The lowest BCUT2D eigenvalue weighted by atomic mass is 10.2. The van der Waals surface area contributed by atoms with Gasteiger partial charge in [-0.1, -0.05) is 65.9 Å². The van der Waals surface area contributed by atoms with Crippen LogP contribution in [0.3, 0.4) is 0 Å². The molecule has 0 unspecified atom stereocenters.